The minimum absolute atomic E-state index is 0.985. The summed E-state index contributed by atoms with van der Waals surface area (Å²) in [4.78, 5) is 5.02. The molecule has 4 heteroatoms. The van der Waals surface area contributed by atoms with Crippen molar-refractivity contribution < 1.29 is 0 Å². The molecule has 0 fully saturated rings. The maximum Gasteiger partial charge on any atom is 0.0971 e. The molecule has 130 valence electrons. The van der Waals surface area contributed by atoms with Gasteiger partial charge < -0.3 is 4.57 Å². The number of pyridine rings is 1. The van der Waals surface area contributed by atoms with Crippen LogP contribution in [0, 0.1) is 0 Å². The van der Waals surface area contributed by atoms with Gasteiger partial charge in [0, 0.05) is 19.9 Å². The molecule has 0 unspecified atom stereocenters. The zero-order valence-electron chi connectivity index (χ0n) is 14.2. The van der Waals surface area contributed by atoms with E-state index in [4.69, 9.17) is 4.98 Å². The standard InChI is InChI=1S/C23H14Br2N2/c24-16-10-11-18(25)22(14-16)27-20-9-5-4-8-17(20)23-21(27)13-12-19(26-23)15-6-2-1-3-7-15/h1-14H. The molecule has 0 saturated heterocycles. The lowest BCUT2D eigenvalue weighted by atomic mass is 10.1. The molecule has 0 radical (unpaired) electrons. The second-order valence-electron chi connectivity index (χ2n) is 6.38. The second kappa shape index (κ2) is 6.63. The minimum atomic E-state index is 0.985. The van der Waals surface area contributed by atoms with E-state index in [1.807, 2.05) is 24.3 Å². The Morgan fingerprint density at radius 1 is 0.704 bits per heavy atom. The summed E-state index contributed by atoms with van der Waals surface area (Å²) in [5.41, 5.74) is 6.45. The first-order valence-corrected chi connectivity index (χ1v) is 10.2. The van der Waals surface area contributed by atoms with Crippen molar-refractivity contribution in [1.29, 1.82) is 0 Å². The summed E-state index contributed by atoms with van der Waals surface area (Å²) in [6, 6.07) is 29.2. The normalized spacial score (nSPS) is 11.3. The highest BCUT2D eigenvalue weighted by atomic mass is 79.9. The Kier molecular flexibility index (Phi) is 4.10. The molecular weight excluding hydrogens is 464 g/mol. The summed E-state index contributed by atoms with van der Waals surface area (Å²) < 4.78 is 4.35. The van der Waals surface area contributed by atoms with Gasteiger partial charge in [-0.2, -0.15) is 0 Å². The Labute approximate surface area is 173 Å². The molecule has 27 heavy (non-hydrogen) atoms. The van der Waals surface area contributed by atoms with Gasteiger partial charge in [-0.1, -0.05) is 64.5 Å². The van der Waals surface area contributed by atoms with Crippen molar-refractivity contribution in [2.24, 2.45) is 0 Å². The van der Waals surface area contributed by atoms with Gasteiger partial charge in [0.2, 0.25) is 0 Å². The van der Waals surface area contributed by atoms with Crippen LogP contribution in [0.4, 0.5) is 0 Å². The fraction of sp³-hybridized carbons (Fsp3) is 0. The molecule has 2 aromatic heterocycles. The van der Waals surface area contributed by atoms with Crippen LogP contribution in [0.1, 0.15) is 0 Å². The van der Waals surface area contributed by atoms with E-state index in [0.29, 0.717) is 0 Å². The van der Waals surface area contributed by atoms with E-state index in [9.17, 15) is 0 Å². The van der Waals surface area contributed by atoms with Crippen LogP contribution in [0.2, 0.25) is 0 Å². The number of nitrogens with zero attached hydrogens (tertiary/aromatic N) is 2. The zero-order valence-corrected chi connectivity index (χ0v) is 17.4. The number of hydrogen-bond donors (Lipinski definition) is 0. The Morgan fingerprint density at radius 3 is 2.33 bits per heavy atom. The summed E-state index contributed by atoms with van der Waals surface area (Å²) >= 11 is 7.31. The first-order chi connectivity index (χ1) is 13.2. The first kappa shape index (κ1) is 16.7. The van der Waals surface area contributed by atoms with Crippen molar-refractivity contribution in [1.82, 2.24) is 9.55 Å². The molecule has 0 amide bonds. The summed E-state index contributed by atoms with van der Waals surface area (Å²) in [7, 11) is 0. The minimum Gasteiger partial charge on any atom is -0.306 e. The molecule has 0 bridgehead atoms. The van der Waals surface area contributed by atoms with Crippen molar-refractivity contribution in [3.63, 3.8) is 0 Å². The molecule has 2 heterocycles. The molecule has 0 atom stereocenters. The summed E-state index contributed by atoms with van der Waals surface area (Å²) in [5, 5.41) is 1.15. The maximum absolute atomic E-state index is 5.02. The number of halogens is 2. The van der Waals surface area contributed by atoms with E-state index < -0.39 is 0 Å². The molecular formula is C23H14Br2N2. The lowest BCUT2D eigenvalue weighted by Crippen LogP contribution is -1.95. The maximum atomic E-state index is 5.02. The lowest BCUT2D eigenvalue weighted by molar-refractivity contribution is 1.16. The third-order valence-electron chi connectivity index (χ3n) is 4.73. The van der Waals surface area contributed by atoms with Crippen LogP contribution < -0.4 is 0 Å². The lowest BCUT2D eigenvalue weighted by Gasteiger charge is -2.10. The number of para-hydroxylation sites is 1. The van der Waals surface area contributed by atoms with Gasteiger partial charge in [0.25, 0.3) is 0 Å². The smallest absolute Gasteiger partial charge is 0.0971 e. The average molecular weight is 478 g/mol. The number of fused-ring (bicyclic) bond motifs is 3. The molecule has 0 spiro atoms. The molecule has 3 aromatic carbocycles. The quantitative estimate of drug-likeness (QED) is 0.259. The molecule has 0 N–H and O–H groups in total. The molecule has 5 aromatic rings. The largest absolute Gasteiger partial charge is 0.306 e. The van der Waals surface area contributed by atoms with Crippen molar-refractivity contribution in [3.8, 4) is 16.9 Å². The van der Waals surface area contributed by atoms with Crippen molar-refractivity contribution in [2.75, 3.05) is 0 Å². The molecule has 0 saturated carbocycles. The predicted molar refractivity (Wildman–Crippen MR) is 119 cm³/mol. The third-order valence-corrected chi connectivity index (χ3v) is 5.90. The van der Waals surface area contributed by atoms with Crippen LogP contribution in [0.15, 0.2) is 93.9 Å². The van der Waals surface area contributed by atoms with Crippen LogP contribution in [0.3, 0.4) is 0 Å². The van der Waals surface area contributed by atoms with Crippen LogP contribution in [-0.2, 0) is 0 Å². The number of hydrogen-bond acceptors (Lipinski definition) is 1. The van der Waals surface area contributed by atoms with Crippen LogP contribution in [0.5, 0.6) is 0 Å². The number of benzene rings is 3. The monoisotopic (exact) mass is 476 g/mol. The second-order valence-corrected chi connectivity index (χ2v) is 8.15. The molecule has 2 nitrogen and oxygen atoms in total. The zero-order chi connectivity index (χ0) is 18.4. The van der Waals surface area contributed by atoms with Gasteiger partial charge >= 0.3 is 0 Å². The van der Waals surface area contributed by atoms with Crippen molar-refractivity contribution in [3.05, 3.63) is 93.9 Å². The highest BCUT2D eigenvalue weighted by molar-refractivity contribution is 9.11. The van der Waals surface area contributed by atoms with E-state index in [1.54, 1.807) is 0 Å². The predicted octanol–water partition coefficient (Wildman–Crippen LogP) is 7.37. The molecule has 0 aliphatic carbocycles. The molecule has 0 aliphatic rings. The Hall–Kier alpha value is -2.43. The van der Waals surface area contributed by atoms with E-state index in [-0.39, 0.29) is 0 Å². The van der Waals surface area contributed by atoms with Gasteiger partial charge in [0.1, 0.15) is 0 Å². The fourth-order valence-corrected chi connectivity index (χ4v) is 4.29. The van der Waals surface area contributed by atoms with Crippen LogP contribution in [-0.4, -0.2) is 9.55 Å². The average Bonchev–Trinajstić information content (AvgIpc) is 3.04. The van der Waals surface area contributed by atoms with Gasteiger partial charge in [0.15, 0.2) is 0 Å². The summed E-state index contributed by atoms with van der Waals surface area (Å²) in [5.74, 6) is 0. The Morgan fingerprint density at radius 2 is 1.48 bits per heavy atom. The van der Waals surface area contributed by atoms with Crippen LogP contribution in [0.25, 0.3) is 38.9 Å². The Balaban J connectivity index is 1.87. The SMILES string of the molecule is Brc1ccc(Br)c(-n2c3ccccc3c3nc(-c4ccccc4)ccc32)c1. The van der Waals surface area contributed by atoms with Gasteiger partial charge in [0.05, 0.1) is 27.9 Å². The van der Waals surface area contributed by atoms with E-state index in [0.717, 1.165) is 47.8 Å². The van der Waals surface area contributed by atoms with Gasteiger partial charge in [-0.05, 0) is 52.3 Å². The van der Waals surface area contributed by atoms with E-state index >= 15 is 0 Å². The summed E-state index contributed by atoms with van der Waals surface area (Å²) in [6.07, 6.45) is 0. The van der Waals surface area contributed by atoms with Gasteiger partial charge in [-0.15, -0.1) is 0 Å². The fourth-order valence-electron chi connectivity index (χ4n) is 3.52. The highest BCUT2D eigenvalue weighted by Crippen LogP contribution is 2.35. The number of aromatic nitrogens is 2. The molecule has 0 aliphatic heterocycles. The number of rotatable bonds is 2. The molecule has 5 rings (SSSR count). The van der Waals surface area contributed by atoms with Gasteiger partial charge in [-0.25, -0.2) is 4.98 Å². The van der Waals surface area contributed by atoms with Crippen LogP contribution >= 0.6 is 31.9 Å². The Bertz CT molecular complexity index is 1290. The third kappa shape index (κ3) is 2.80. The topological polar surface area (TPSA) is 17.8 Å². The highest BCUT2D eigenvalue weighted by Gasteiger charge is 2.16. The first-order valence-electron chi connectivity index (χ1n) is 8.63. The van der Waals surface area contributed by atoms with E-state index in [1.165, 1.54) is 0 Å². The van der Waals surface area contributed by atoms with Crippen molar-refractivity contribution in [2.45, 2.75) is 0 Å². The van der Waals surface area contributed by atoms with Crippen molar-refractivity contribution >= 4 is 53.8 Å². The van der Waals surface area contributed by atoms with E-state index in [2.05, 4.69) is 97.1 Å². The van der Waals surface area contributed by atoms with Gasteiger partial charge in [-0.3, -0.25) is 0 Å². The summed E-state index contributed by atoms with van der Waals surface area (Å²) in [6.45, 7) is 0.